The van der Waals surface area contributed by atoms with Crippen LogP contribution >= 0.6 is 11.8 Å². The molecule has 1 heterocycles. The molecule has 1 saturated heterocycles. The fourth-order valence-corrected chi connectivity index (χ4v) is 6.15. The number of carbonyl (C=O) groups excluding carboxylic acids is 1. The van der Waals surface area contributed by atoms with Crippen LogP contribution in [0.15, 0.2) is 4.99 Å². The molecule has 0 aromatic carbocycles. The Balaban J connectivity index is 1.53. The molecule has 3 nitrogen and oxygen atoms in total. The normalized spacial score (nSPS) is 50.2. The van der Waals surface area contributed by atoms with Gasteiger partial charge in [-0.2, -0.15) is 0 Å². The van der Waals surface area contributed by atoms with E-state index < -0.39 is 5.67 Å². The number of amidine groups is 1. The van der Waals surface area contributed by atoms with Gasteiger partial charge in [-0.1, -0.05) is 25.6 Å². The largest absolute Gasteiger partial charge is 0.304 e. The van der Waals surface area contributed by atoms with Crippen LogP contribution in [0.5, 0.6) is 0 Å². The highest BCUT2D eigenvalue weighted by Crippen LogP contribution is 2.58. The summed E-state index contributed by atoms with van der Waals surface area (Å²) in [6.07, 6.45) is 4.43. The Bertz CT molecular complexity index is 491. The van der Waals surface area contributed by atoms with Gasteiger partial charge in [-0.15, -0.1) is 0 Å². The van der Waals surface area contributed by atoms with Gasteiger partial charge in [0.15, 0.2) is 5.17 Å². The molecule has 5 fully saturated rings. The molecular weight excluding hydrogens is 287 g/mol. The maximum absolute atomic E-state index is 14.7. The molecule has 5 rings (SSSR count). The molecule has 5 heteroatoms. The minimum Gasteiger partial charge on any atom is -0.304 e. The second-order valence-electron chi connectivity index (χ2n) is 7.82. The Labute approximate surface area is 129 Å². The maximum atomic E-state index is 14.7. The minimum atomic E-state index is -0.903. The molecule has 0 radical (unpaired) electrons. The second-order valence-corrected chi connectivity index (χ2v) is 8.95. The summed E-state index contributed by atoms with van der Waals surface area (Å²) in [6.45, 7) is 4.13. The van der Waals surface area contributed by atoms with Crippen LogP contribution in [0, 0.1) is 23.7 Å². The zero-order valence-electron chi connectivity index (χ0n) is 12.6. The average Bonchev–Trinajstić information content (AvgIpc) is 2.73. The van der Waals surface area contributed by atoms with Crippen LogP contribution in [0.2, 0.25) is 0 Å². The van der Waals surface area contributed by atoms with Crippen LogP contribution in [-0.2, 0) is 4.79 Å². The Morgan fingerprint density at radius 3 is 2.48 bits per heavy atom. The molecule has 1 amide bonds. The summed E-state index contributed by atoms with van der Waals surface area (Å²) in [4.78, 5) is 16.8. The fraction of sp³-hybridized carbons (Fsp3) is 0.875. The molecule has 1 N–H and O–H groups in total. The Morgan fingerprint density at radius 2 is 1.95 bits per heavy atom. The summed E-state index contributed by atoms with van der Waals surface area (Å²) >= 11 is 1.57. The first-order valence-corrected chi connectivity index (χ1v) is 9.06. The fourth-order valence-electron chi connectivity index (χ4n) is 5.13. The molecule has 3 atom stereocenters. The van der Waals surface area contributed by atoms with Gasteiger partial charge in [-0.3, -0.25) is 9.79 Å². The van der Waals surface area contributed by atoms with Crippen molar-refractivity contribution < 1.29 is 9.18 Å². The predicted octanol–water partition coefficient (Wildman–Crippen LogP) is 3.15. The molecule has 1 aliphatic heterocycles. The first-order valence-electron chi connectivity index (χ1n) is 8.18. The van der Waals surface area contributed by atoms with E-state index in [0.29, 0.717) is 36.5 Å². The highest BCUT2D eigenvalue weighted by atomic mass is 32.2. The van der Waals surface area contributed by atoms with Crippen molar-refractivity contribution in [3.8, 4) is 0 Å². The van der Waals surface area contributed by atoms with Crippen LogP contribution in [0.4, 0.5) is 4.39 Å². The number of nitrogens with zero attached hydrogens (tertiary/aromatic N) is 1. The number of aliphatic imine (C=N–C) groups is 1. The van der Waals surface area contributed by atoms with E-state index in [0.717, 1.165) is 24.4 Å². The Hall–Kier alpha value is -0.580. The van der Waals surface area contributed by atoms with Gasteiger partial charge in [0.25, 0.3) is 0 Å². The lowest BCUT2D eigenvalue weighted by Crippen LogP contribution is -2.54. The second kappa shape index (κ2) is 4.71. The van der Waals surface area contributed by atoms with Crippen molar-refractivity contribution in [2.75, 3.05) is 0 Å². The van der Waals surface area contributed by atoms with Crippen molar-refractivity contribution in [3.05, 3.63) is 0 Å². The molecule has 116 valence electrons. The van der Waals surface area contributed by atoms with Gasteiger partial charge >= 0.3 is 0 Å². The van der Waals surface area contributed by atoms with E-state index in [4.69, 9.17) is 4.99 Å². The number of amides is 1. The smallest absolute Gasteiger partial charge is 0.239 e. The zero-order valence-corrected chi connectivity index (χ0v) is 13.5. The number of thioether (sulfide) groups is 1. The molecule has 4 aliphatic carbocycles. The van der Waals surface area contributed by atoms with E-state index in [-0.39, 0.29) is 17.2 Å². The standard InChI is InChI=1S/C16H23FN2OS/c1-8(2)13-14(20)19-15(21-13)18-12-10-3-9-4-11(12)7-16(17,5-9)6-10/h8-13H,3-7H2,1-2H3,(H,18,19,20). The number of nitrogens with one attached hydrogen (secondary N) is 1. The lowest BCUT2D eigenvalue weighted by molar-refractivity contribution is -0.119. The summed E-state index contributed by atoms with van der Waals surface area (Å²) in [5, 5.41) is 3.70. The number of hydrogen-bond donors (Lipinski definition) is 1. The van der Waals surface area contributed by atoms with E-state index in [1.165, 1.54) is 0 Å². The predicted molar refractivity (Wildman–Crippen MR) is 83.0 cm³/mol. The summed E-state index contributed by atoms with van der Waals surface area (Å²) < 4.78 is 14.7. The van der Waals surface area contributed by atoms with E-state index in [1.807, 2.05) is 0 Å². The number of alkyl halides is 1. The van der Waals surface area contributed by atoms with Crippen molar-refractivity contribution in [2.45, 2.75) is 62.9 Å². The lowest BCUT2D eigenvalue weighted by atomic mass is 9.53. The van der Waals surface area contributed by atoms with Crippen molar-refractivity contribution in [3.63, 3.8) is 0 Å². The first kappa shape index (κ1) is 14.0. The molecule has 0 spiro atoms. The van der Waals surface area contributed by atoms with E-state index in [2.05, 4.69) is 19.2 Å². The number of rotatable bonds is 2. The van der Waals surface area contributed by atoms with Crippen LogP contribution in [-0.4, -0.2) is 28.0 Å². The molecule has 0 aromatic rings. The lowest BCUT2D eigenvalue weighted by Gasteiger charge is -2.55. The third-order valence-electron chi connectivity index (χ3n) is 5.75. The van der Waals surface area contributed by atoms with E-state index in [9.17, 15) is 9.18 Å². The summed E-state index contributed by atoms with van der Waals surface area (Å²) in [5.74, 6) is 1.77. The monoisotopic (exact) mass is 310 g/mol. The van der Waals surface area contributed by atoms with Crippen LogP contribution < -0.4 is 5.32 Å². The van der Waals surface area contributed by atoms with Crippen molar-refractivity contribution >= 4 is 22.8 Å². The van der Waals surface area contributed by atoms with Crippen molar-refractivity contribution in [1.29, 1.82) is 0 Å². The van der Waals surface area contributed by atoms with Crippen LogP contribution in [0.1, 0.15) is 46.0 Å². The van der Waals surface area contributed by atoms with E-state index >= 15 is 0 Å². The first-order chi connectivity index (χ1) is 9.93. The number of hydrogen-bond acceptors (Lipinski definition) is 3. The van der Waals surface area contributed by atoms with Gasteiger partial charge in [-0.05, 0) is 55.8 Å². The SMILES string of the molecule is CC(C)C1SC(=NC2C3CC4CC2CC(F)(C4)C3)NC1=O. The Kier molecular flexibility index (Phi) is 3.15. The van der Waals surface area contributed by atoms with Gasteiger partial charge in [0, 0.05) is 0 Å². The molecule has 5 aliphatic rings. The quantitative estimate of drug-likeness (QED) is 0.851. The summed E-state index contributed by atoms with van der Waals surface area (Å²) in [6, 6.07) is 0.235. The van der Waals surface area contributed by atoms with Crippen LogP contribution in [0.3, 0.4) is 0 Å². The summed E-state index contributed by atoms with van der Waals surface area (Å²) in [5.41, 5.74) is -0.903. The molecule has 3 unspecified atom stereocenters. The van der Waals surface area contributed by atoms with Crippen LogP contribution in [0.25, 0.3) is 0 Å². The highest BCUT2D eigenvalue weighted by molar-refractivity contribution is 8.15. The maximum Gasteiger partial charge on any atom is 0.239 e. The highest BCUT2D eigenvalue weighted by Gasteiger charge is 2.56. The van der Waals surface area contributed by atoms with Gasteiger partial charge in [0.2, 0.25) is 5.91 Å². The van der Waals surface area contributed by atoms with E-state index in [1.54, 1.807) is 11.8 Å². The summed E-state index contributed by atoms with van der Waals surface area (Å²) in [7, 11) is 0. The third-order valence-corrected chi connectivity index (χ3v) is 7.19. The molecule has 21 heavy (non-hydrogen) atoms. The minimum absolute atomic E-state index is 0.0203. The number of carbonyl (C=O) groups is 1. The Morgan fingerprint density at radius 1 is 1.29 bits per heavy atom. The molecule has 4 bridgehead atoms. The molecule has 4 saturated carbocycles. The van der Waals surface area contributed by atoms with Gasteiger partial charge in [0.1, 0.15) is 5.67 Å². The topological polar surface area (TPSA) is 41.5 Å². The third kappa shape index (κ3) is 2.32. The van der Waals surface area contributed by atoms with Gasteiger partial charge < -0.3 is 5.32 Å². The van der Waals surface area contributed by atoms with Gasteiger partial charge in [-0.25, -0.2) is 4.39 Å². The zero-order chi connectivity index (χ0) is 14.8. The molecular formula is C16H23FN2OS. The molecule has 0 aromatic heterocycles. The average molecular weight is 310 g/mol. The van der Waals surface area contributed by atoms with Crippen molar-refractivity contribution in [1.82, 2.24) is 5.32 Å². The van der Waals surface area contributed by atoms with Crippen molar-refractivity contribution in [2.24, 2.45) is 28.7 Å². The number of halogens is 1. The van der Waals surface area contributed by atoms with Gasteiger partial charge in [0.05, 0.1) is 11.3 Å².